The number of nitrogens with one attached hydrogen (secondary N) is 1. The molecule has 1 heterocycles. The molecule has 1 aromatic rings. The number of unbranched alkanes of at least 4 members (excludes halogenated alkanes) is 2. The molecule has 1 saturated heterocycles. The highest BCUT2D eigenvalue weighted by atomic mass is 32.2. The molecule has 1 aromatic carbocycles. The van der Waals surface area contributed by atoms with Crippen LogP contribution in [0.4, 0.5) is 5.69 Å². The smallest absolute Gasteiger partial charge is 0.337 e. The van der Waals surface area contributed by atoms with Crippen LogP contribution in [0.2, 0.25) is 0 Å². The van der Waals surface area contributed by atoms with E-state index < -0.39 is 21.5 Å². The van der Waals surface area contributed by atoms with Gasteiger partial charge in [-0.3, -0.25) is 0 Å². The van der Waals surface area contributed by atoms with E-state index in [1.165, 1.54) is 25.0 Å². The molecule has 2 aliphatic rings. The van der Waals surface area contributed by atoms with Gasteiger partial charge in [0.15, 0.2) is 0 Å². The van der Waals surface area contributed by atoms with E-state index in [9.17, 15) is 18.3 Å². The van der Waals surface area contributed by atoms with Crippen LogP contribution in [0, 0.1) is 5.41 Å². The lowest BCUT2D eigenvalue weighted by Crippen LogP contribution is -2.45. The Hall–Kier alpha value is -1.60. The third kappa shape index (κ3) is 5.17. The van der Waals surface area contributed by atoms with Crippen molar-refractivity contribution in [3.8, 4) is 0 Å². The van der Waals surface area contributed by atoms with Crippen LogP contribution in [0.5, 0.6) is 0 Å². The van der Waals surface area contributed by atoms with Gasteiger partial charge in [0.25, 0.3) is 0 Å². The Bertz CT molecular complexity index is 869. The summed E-state index contributed by atoms with van der Waals surface area (Å²) < 4.78 is 29.3. The van der Waals surface area contributed by atoms with Crippen molar-refractivity contribution in [1.29, 1.82) is 0 Å². The highest BCUT2D eigenvalue weighted by Crippen LogP contribution is 2.54. The maximum absolute atomic E-state index is 13.2. The highest BCUT2D eigenvalue weighted by molar-refractivity contribution is 7.89. The van der Waals surface area contributed by atoms with Crippen molar-refractivity contribution < 1.29 is 18.3 Å². The summed E-state index contributed by atoms with van der Waals surface area (Å²) in [7, 11) is -3.75. The molecule has 1 spiro atoms. The number of hydrogen-bond donors (Lipinski definition) is 2. The summed E-state index contributed by atoms with van der Waals surface area (Å²) in [6.45, 7) is 7.63. The first kappa shape index (κ1) is 23.1. The predicted molar refractivity (Wildman–Crippen MR) is 120 cm³/mol. The molecule has 3 rings (SSSR count). The molecule has 0 amide bonds. The van der Waals surface area contributed by atoms with Crippen molar-refractivity contribution in [3.05, 3.63) is 23.8 Å². The lowest BCUT2D eigenvalue weighted by molar-refractivity contribution is 0.0697. The van der Waals surface area contributed by atoms with Crippen LogP contribution >= 0.6 is 0 Å². The van der Waals surface area contributed by atoms with E-state index in [1.54, 1.807) is 6.07 Å². The van der Waals surface area contributed by atoms with Gasteiger partial charge in [0.1, 0.15) is 0 Å². The topological polar surface area (TPSA) is 86.7 Å². The van der Waals surface area contributed by atoms with Gasteiger partial charge < -0.3 is 10.0 Å². The number of carboxylic acids is 1. The molecular formula is C23H36N2O4S. The van der Waals surface area contributed by atoms with E-state index in [1.807, 2.05) is 18.7 Å². The van der Waals surface area contributed by atoms with Crippen molar-refractivity contribution in [3.63, 3.8) is 0 Å². The number of anilines is 1. The Balaban J connectivity index is 1.84. The summed E-state index contributed by atoms with van der Waals surface area (Å²) >= 11 is 0. The maximum atomic E-state index is 13.2. The van der Waals surface area contributed by atoms with E-state index in [2.05, 4.69) is 11.6 Å². The van der Waals surface area contributed by atoms with Crippen LogP contribution in [-0.4, -0.2) is 38.1 Å². The molecule has 0 radical (unpaired) electrons. The number of hydrogen-bond acceptors (Lipinski definition) is 4. The SMILES string of the molecule is CCCCCC(C)(CC)NS(=O)(=O)c1ccc(C(=O)O)c(N2CCC3(CC2)CC3)c1. The Morgan fingerprint density at radius 2 is 1.83 bits per heavy atom. The van der Waals surface area contributed by atoms with Crippen LogP contribution in [0.15, 0.2) is 23.1 Å². The summed E-state index contributed by atoms with van der Waals surface area (Å²) in [6, 6.07) is 4.41. The van der Waals surface area contributed by atoms with E-state index in [-0.39, 0.29) is 10.5 Å². The largest absolute Gasteiger partial charge is 0.478 e. The fraction of sp³-hybridized carbons (Fsp3) is 0.696. The van der Waals surface area contributed by atoms with Gasteiger partial charge in [-0.15, -0.1) is 0 Å². The minimum atomic E-state index is -3.75. The fourth-order valence-corrected chi connectivity index (χ4v) is 6.00. The average Bonchev–Trinajstić information content (AvgIpc) is 3.46. The molecule has 1 atom stereocenters. The fourth-order valence-electron chi connectivity index (χ4n) is 4.47. The van der Waals surface area contributed by atoms with Gasteiger partial charge in [0.2, 0.25) is 10.0 Å². The van der Waals surface area contributed by atoms with E-state index >= 15 is 0 Å². The maximum Gasteiger partial charge on any atom is 0.337 e. The van der Waals surface area contributed by atoms with Crippen molar-refractivity contribution in [2.45, 2.75) is 89.0 Å². The molecule has 0 aromatic heterocycles. The van der Waals surface area contributed by atoms with Crippen LogP contribution < -0.4 is 9.62 Å². The number of nitrogens with zero attached hydrogens (tertiary/aromatic N) is 1. The second-order valence-electron chi connectivity index (χ2n) is 9.45. The summed E-state index contributed by atoms with van der Waals surface area (Å²) in [5.41, 5.74) is 0.641. The van der Waals surface area contributed by atoms with Gasteiger partial charge in [-0.2, -0.15) is 0 Å². The normalized spacial score (nSPS) is 20.2. The molecule has 6 nitrogen and oxygen atoms in total. The zero-order valence-electron chi connectivity index (χ0n) is 18.5. The van der Waals surface area contributed by atoms with Crippen LogP contribution in [-0.2, 0) is 10.0 Å². The van der Waals surface area contributed by atoms with Gasteiger partial charge in [-0.05, 0) is 69.1 Å². The van der Waals surface area contributed by atoms with Crippen molar-refractivity contribution >= 4 is 21.7 Å². The first-order valence-corrected chi connectivity index (χ1v) is 12.8. The molecule has 7 heteroatoms. The Morgan fingerprint density at radius 1 is 1.17 bits per heavy atom. The van der Waals surface area contributed by atoms with E-state index in [4.69, 9.17) is 0 Å². The summed E-state index contributed by atoms with van der Waals surface area (Å²) in [5.74, 6) is -1.02. The summed E-state index contributed by atoms with van der Waals surface area (Å²) in [4.78, 5) is 14.0. The molecule has 2 fully saturated rings. The lowest BCUT2D eigenvalue weighted by Gasteiger charge is -2.35. The Labute approximate surface area is 181 Å². The summed E-state index contributed by atoms with van der Waals surface area (Å²) in [5, 5.41) is 9.66. The van der Waals surface area contributed by atoms with Gasteiger partial charge in [-0.1, -0.05) is 33.1 Å². The minimum absolute atomic E-state index is 0.143. The van der Waals surface area contributed by atoms with Gasteiger partial charge in [0.05, 0.1) is 16.1 Å². The average molecular weight is 437 g/mol. The quantitative estimate of drug-likeness (QED) is 0.515. The minimum Gasteiger partial charge on any atom is -0.478 e. The van der Waals surface area contributed by atoms with Crippen molar-refractivity contribution in [2.24, 2.45) is 5.41 Å². The second-order valence-corrected chi connectivity index (χ2v) is 11.1. The molecular weight excluding hydrogens is 400 g/mol. The van der Waals surface area contributed by atoms with Crippen molar-refractivity contribution in [1.82, 2.24) is 4.72 Å². The van der Waals surface area contributed by atoms with Crippen molar-refractivity contribution in [2.75, 3.05) is 18.0 Å². The molecule has 1 saturated carbocycles. The van der Waals surface area contributed by atoms with Crippen LogP contribution in [0.25, 0.3) is 0 Å². The van der Waals surface area contributed by atoms with Gasteiger partial charge in [0, 0.05) is 18.6 Å². The molecule has 0 bridgehead atoms. The number of aromatic carboxylic acids is 1. The third-order valence-electron chi connectivity index (χ3n) is 7.13. The summed E-state index contributed by atoms with van der Waals surface area (Å²) in [6.07, 6.45) is 9.24. The Morgan fingerprint density at radius 3 is 2.37 bits per heavy atom. The number of carbonyl (C=O) groups is 1. The van der Waals surface area contributed by atoms with Crippen LogP contribution in [0.3, 0.4) is 0 Å². The molecule has 1 unspecified atom stereocenters. The molecule has 168 valence electrons. The number of rotatable bonds is 10. The predicted octanol–water partition coefficient (Wildman–Crippen LogP) is 4.79. The first-order chi connectivity index (χ1) is 14.1. The first-order valence-electron chi connectivity index (χ1n) is 11.3. The van der Waals surface area contributed by atoms with E-state index in [0.717, 1.165) is 51.6 Å². The van der Waals surface area contributed by atoms with E-state index in [0.29, 0.717) is 17.5 Å². The lowest BCUT2D eigenvalue weighted by atomic mass is 9.93. The third-order valence-corrected chi connectivity index (χ3v) is 8.76. The zero-order valence-corrected chi connectivity index (χ0v) is 19.4. The number of benzene rings is 1. The number of carboxylic acid groups (broad SMARTS) is 1. The highest BCUT2D eigenvalue weighted by Gasteiger charge is 2.44. The standard InChI is InChI=1S/C23H36N2O4S/c1-4-6-7-10-22(3,5-2)24-30(28,29)18-8-9-19(21(26)27)20(17-18)25-15-13-23(11-12-23)14-16-25/h8-9,17,24H,4-7,10-16H2,1-3H3,(H,26,27). The molecule has 1 aliphatic carbocycles. The molecule has 1 aliphatic heterocycles. The second kappa shape index (κ2) is 8.87. The van der Waals surface area contributed by atoms with Gasteiger partial charge >= 0.3 is 5.97 Å². The van der Waals surface area contributed by atoms with Crippen LogP contribution in [0.1, 0.15) is 88.9 Å². The molecule has 2 N–H and O–H groups in total. The molecule has 30 heavy (non-hydrogen) atoms. The zero-order chi connectivity index (χ0) is 22.0. The van der Waals surface area contributed by atoms with Gasteiger partial charge in [-0.25, -0.2) is 17.9 Å². The number of piperidine rings is 1. The Kier molecular flexibility index (Phi) is 6.82. The number of sulfonamides is 1. The monoisotopic (exact) mass is 436 g/mol.